The van der Waals surface area contributed by atoms with Crippen molar-refractivity contribution in [1.82, 2.24) is 0 Å². The quantitative estimate of drug-likeness (QED) is 0.0693. The van der Waals surface area contributed by atoms with Gasteiger partial charge in [0, 0.05) is 27.3 Å². The molecule has 4 rings (SSSR count). The van der Waals surface area contributed by atoms with Crippen LogP contribution in [0.3, 0.4) is 0 Å². The van der Waals surface area contributed by atoms with Gasteiger partial charge in [-0.05, 0) is 84.5 Å². The number of halogens is 2. The SMILES string of the molecule is CC(C)COS(=O)(=O)c1cccc(C(=O)c2ccc(Oc3ccc(C(=O)c4cc(Cl)ccc4Cl)cc3S(=O)(=O)OCC(C)C)c(S(=O)(=O)OCC(C)C)c2)c1. The fraction of sp³-hybridized carbons (Fsp3) is 0.316. The van der Waals surface area contributed by atoms with E-state index in [-0.39, 0.29) is 74.8 Å². The van der Waals surface area contributed by atoms with Crippen LogP contribution in [0.25, 0.3) is 0 Å². The predicted octanol–water partition coefficient (Wildman–Crippen LogP) is 8.33. The lowest BCUT2D eigenvalue weighted by atomic mass is 10.0. The first-order valence-electron chi connectivity index (χ1n) is 16.9. The summed E-state index contributed by atoms with van der Waals surface area (Å²) in [5.74, 6) is -2.82. The number of carbonyl (C=O) groups is 2. The van der Waals surface area contributed by atoms with Crippen molar-refractivity contribution in [3.63, 3.8) is 0 Å². The van der Waals surface area contributed by atoms with Gasteiger partial charge >= 0.3 is 20.2 Å². The van der Waals surface area contributed by atoms with Gasteiger partial charge in [-0.3, -0.25) is 22.1 Å². The maximum absolute atomic E-state index is 13.7. The zero-order chi connectivity index (χ0) is 40.9. The number of ketones is 2. The number of hydrogen-bond donors (Lipinski definition) is 0. The fourth-order valence-corrected chi connectivity index (χ4v) is 8.53. The molecule has 55 heavy (non-hydrogen) atoms. The molecule has 0 radical (unpaired) electrons. The molecule has 296 valence electrons. The molecule has 0 spiro atoms. The zero-order valence-electron chi connectivity index (χ0n) is 30.7. The van der Waals surface area contributed by atoms with Crippen molar-refractivity contribution < 1.29 is 52.1 Å². The maximum Gasteiger partial charge on any atom is 0.300 e. The molecular formula is C38H40Cl2O12S3. The minimum atomic E-state index is -4.68. The van der Waals surface area contributed by atoms with Crippen LogP contribution in [0.1, 0.15) is 73.4 Å². The van der Waals surface area contributed by atoms with Crippen molar-refractivity contribution in [2.45, 2.75) is 56.2 Å². The molecule has 0 fully saturated rings. The highest BCUT2D eigenvalue weighted by Gasteiger charge is 2.29. The Kier molecular flexibility index (Phi) is 14.5. The Morgan fingerprint density at radius 2 is 1.00 bits per heavy atom. The Bertz CT molecular complexity index is 2410. The predicted molar refractivity (Wildman–Crippen MR) is 207 cm³/mol. The van der Waals surface area contributed by atoms with Gasteiger partial charge in [0.25, 0.3) is 10.1 Å². The van der Waals surface area contributed by atoms with E-state index in [1.807, 2.05) is 0 Å². The van der Waals surface area contributed by atoms with Crippen LogP contribution in [0.5, 0.6) is 11.5 Å². The second-order valence-electron chi connectivity index (χ2n) is 13.6. The first kappa shape index (κ1) is 44.0. The second-order valence-corrected chi connectivity index (χ2v) is 19.3. The highest BCUT2D eigenvalue weighted by Crippen LogP contribution is 2.37. The summed E-state index contributed by atoms with van der Waals surface area (Å²) < 4.78 is 102. The van der Waals surface area contributed by atoms with Gasteiger partial charge in [0.15, 0.2) is 11.6 Å². The van der Waals surface area contributed by atoms with Crippen LogP contribution in [0.4, 0.5) is 0 Å². The van der Waals surface area contributed by atoms with Gasteiger partial charge in [-0.15, -0.1) is 0 Å². The molecule has 4 aromatic carbocycles. The lowest BCUT2D eigenvalue weighted by Crippen LogP contribution is -2.15. The molecular weight excluding hydrogens is 816 g/mol. The number of hydrogen-bond acceptors (Lipinski definition) is 12. The molecule has 0 saturated carbocycles. The molecule has 0 aromatic heterocycles. The summed E-state index contributed by atoms with van der Waals surface area (Å²) >= 11 is 12.3. The van der Waals surface area contributed by atoms with Crippen LogP contribution >= 0.6 is 23.2 Å². The van der Waals surface area contributed by atoms with Crippen LogP contribution in [-0.2, 0) is 42.9 Å². The first-order valence-corrected chi connectivity index (χ1v) is 21.9. The Morgan fingerprint density at radius 3 is 1.49 bits per heavy atom. The third-order valence-corrected chi connectivity index (χ3v) is 11.8. The molecule has 12 nitrogen and oxygen atoms in total. The summed E-state index contributed by atoms with van der Waals surface area (Å²) in [4.78, 5) is 25.7. The molecule has 0 aliphatic rings. The molecule has 0 aliphatic heterocycles. The second kappa shape index (κ2) is 18.1. The van der Waals surface area contributed by atoms with Crippen LogP contribution in [0.15, 0.2) is 93.5 Å². The van der Waals surface area contributed by atoms with E-state index in [9.17, 15) is 34.8 Å². The van der Waals surface area contributed by atoms with Crippen LogP contribution in [0, 0.1) is 17.8 Å². The third kappa shape index (κ3) is 11.4. The number of ether oxygens (including phenoxy) is 1. The van der Waals surface area contributed by atoms with Crippen molar-refractivity contribution >= 4 is 65.1 Å². The molecule has 4 aromatic rings. The minimum absolute atomic E-state index is 0.00330. The molecule has 17 heteroatoms. The summed E-state index contributed by atoms with van der Waals surface area (Å²) in [7, 11) is -13.5. The summed E-state index contributed by atoms with van der Waals surface area (Å²) in [6.07, 6.45) is 0. The average Bonchev–Trinajstić information content (AvgIpc) is 3.13. The lowest BCUT2D eigenvalue weighted by molar-refractivity contribution is 0.103. The maximum atomic E-state index is 13.7. The van der Waals surface area contributed by atoms with Crippen LogP contribution < -0.4 is 4.74 Å². The van der Waals surface area contributed by atoms with Gasteiger partial charge in [0.1, 0.15) is 21.3 Å². The molecule has 0 heterocycles. The molecule has 0 amide bonds. The van der Waals surface area contributed by atoms with Crippen molar-refractivity contribution in [3.8, 4) is 11.5 Å². The van der Waals surface area contributed by atoms with E-state index in [1.54, 1.807) is 41.5 Å². The van der Waals surface area contributed by atoms with E-state index >= 15 is 0 Å². The minimum Gasteiger partial charge on any atom is -0.454 e. The summed E-state index contributed by atoms with van der Waals surface area (Å²) in [5.41, 5.74) is -0.415. The molecule has 0 saturated heterocycles. The first-order chi connectivity index (χ1) is 25.6. The average molecular weight is 856 g/mol. The van der Waals surface area contributed by atoms with Gasteiger partial charge in [0.05, 0.1) is 29.7 Å². The largest absolute Gasteiger partial charge is 0.454 e. The number of carbonyl (C=O) groups excluding carboxylic acids is 2. The fourth-order valence-electron chi connectivity index (χ4n) is 4.63. The zero-order valence-corrected chi connectivity index (χ0v) is 34.7. The molecule has 0 atom stereocenters. The highest BCUT2D eigenvalue weighted by atomic mass is 35.5. The van der Waals surface area contributed by atoms with E-state index in [4.69, 9.17) is 40.5 Å². The number of benzene rings is 4. The Hall–Kier alpha value is -3.67. The highest BCUT2D eigenvalue weighted by molar-refractivity contribution is 7.87. The van der Waals surface area contributed by atoms with Crippen molar-refractivity contribution in [3.05, 3.63) is 111 Å². The smallest absolute Gasteiger partial charge is 0.300 e. The van der Waals surface area contributed by atoms with Crippen molar-refractivity contribution in [2.75, 3.05) is 19.8 Å². The third-order valence-electron chi connectivity index (χ3n) is 7.40. The van der Waals surface area contributed by atoms with Gasteiger partial charge in [0.2, 0.25) is 0 Å². The van der Waals surface area contributed by atoms with Gasteiger partial charge in [-0.1, -0.05) is 76.9 Å². The van der Waals surface area contributed by atoms with Gasteiger partial charge in [-0.2, -0.15) is 25.3 Å². The van der Waals surface area contributed by atoms with E-state index < -0.39 is 63.2 Å². The van der Waals surface area contributed by atoms with Gasteiger partial charge < -0.3 is 4.74 Å². The molecule has 0 aliphatic carbocycles. The summed E-state index contributed by atoms with van der Waals surface area (Å²) in [6.45, 7) is 9.86. The van der Waals surface area contributed by atoms with E-state index in [2.05, 4.69) is 0 Å². The molecule has 0 N–H and O–H groups in total. The Labute approximate surface area is 332 Å². The summed E-state index contributed by atoms with van der Waals surface area (Å²) in [6, 6.07) is 16.0. The van der Waals surface area contributed by atoms with Gasteiger partial charge in [-0.25, -0.2) is 0 Å². The Balaban J connectivity index is 1.84. The van der Waals surface area contributed by atoms with Crippen molar-refractivity contribution in [2.24, 2.45) is 17.8 Å². The van der Waals surface area contributed by atoms with E-state index in [0.717, 1.165) is 30.3 Å². The molecule has 0 bridgehead atoms. The van der Waals surface area contributed by atoms with E-state index in [1.165, 1.54) is 48.5 Å². The normalized spacial score (nSPS) is 12.4. The molecule has 0 unspecified atom stereocenters. The van der Waals surface area contributed by atoms with Crippen molar-refractivity contribution in [1.29, 1.82) is 0 Å². The van der Waals surface area contributed by atoms with Crippen LogP contribution in [-0.4, -0.2) is 56.6 Å². The lowest BCUT2D eigenvalue weighted by Gasteiger charge is -2.17. The number of rotatable bonds is 18. The topological polar surface area (TPSA) is 173 Å². The Morgan fingerprint density at radius 1 is 0.545 bits per heavy atom. The van der Waals surface area contributed by atoms with Crippen LogP contribution in [0.2, 0.25) is 10.0 Å². The monoisotopic (exact) mass is 854 g/mol. The van der Waals surface area contributed by atoms with E-state index in [0.29, 0.717) is 0 Å². The standard InChI is InChI=1S/C38H40Cl2O12S3/c1-23(2)20-49-53(43,44)30-9-7-8-26(16-30)37(41)27-10-14-33(35(17-27)54(45,46)50-21-24(3)4)52-34-15-11-28(18-36(34)55(47,48)51-22-25(5)6)38(42)31-19-29(39)12-13-32(31)40/h7-19,23-25H,20-22H2,1-6H3. The summed E-state index contributed by atoms with van der Waals surface area (Å²) in [5, 5.41) is 0.276.